The Hall–Kier alpha value is -2.71. The van der Waals surface area contributed by atoms with Crippen molar-refractivity contribution in [3.63, 3.8) is 0 Å². The number of piperidine rings is 1. The zero-order valence-electron chi connectivity index (χ0n) is 22.0. The van der Waals surface area contributed by atoms with E-state index in [1.54, 1.807) is 24.3 Å². The predicted octanol–water partition coefficient (Wildman–Crippen LogP) is 5.54. The molecule has 0 aromatic heterocycles. The molecule has 7 nitrogen and oxygen atoms in total. The molecule has 2 amide bonds. The van der Waals surface area contributed by atoms with E-state index in [2.05, 4.69) is 10.2 Å². The van der Waals surface area contributed by atoms with Crippen molar-refractivity contribution >= 4 is 27.5 Å². The van der Waals surface area contributed by atoms with E-state index >= 15 is 0 Å². The Morgan fingerprint density at radius 1 is 0.865 bits per heavy atom. The summed E-state index contributed by atoms with van der Waals surface area (Å²) in [7, 11) is -3.59. The van der Waals surface area contributed by atoms with Gasteiger partial charge in [0.2, 0.25) is 10.0 Å². The van der Waals surface area contributed by atoms with Crippen LogP contribution in [0.3, 0.4) is 0 Å². The highest BCUT2D eigenvalue weighted by atomic mass is 32.2. The number of nitrogens with zero attached hydrogens (tertiary/aromatic N) is 2. The standard InChI is InChI=1S/C29H39N3O4S/c1-3-19-31(20-4-2)37(35,36)26-17-13-23(14-18-26)28(33)30-25-15-11-24(12-16-25)29(34)32-21-7-9-22-8-5-6-10-27(22)32/h11-18,22,27H,3-10,19-21H2,1-2H3,(H,30,33)/t22-,27-/m0/s1. The molecule has 4 rings (SSSR count). The molecule has 0 radical (unpaired) electrons. The Morgan fingerprint density at radius 3 is 2.11 bits per heavy atom. The maximum Gasteiger partial charge on any atom is 0.255 e. The molecule has 0 bridgehead atoms. The fraction of sp³-hybridized carbons (Fsp3) is 0.517. The van der Waals surface area contributed by atoms with E-state index in [9.17, 15) is 18.0 Å². The summed E-state index contributed by atoms with van der Waals surface area (Å²) in [5.74, 6) is 0.377. The van der Waals surface area contributed by atoms with Crippen LogP contribution in [0.25, 0.3) is 0 Å². The monoisotopic (exact) mass is 525 g/mol. The van der Waals surface area contributed by atoms with Crippen LogP contribution in [0.15, 0.2) is 53.4 Å². The largest absolute Gasteiger partial charge is 0.335 e. The summed E-state index contributed by atoms with van der Waals surface area (Å²) in [6, 6.07) is 13.5. The van der Waals surface area contributed by atoms with Crippen LogP contribution in [0.1, 0.15) is 85.9 Å². The smallest absolute Gasteiger partial charge is 0.255 e. The lowest BCUT2D eigenvalue weighted by molar-refractivity contribution is 0.0390. The molecule has 200 valence electrons. The molecular weight excluding hydrogens is 486 g/mol. The number of nitrogens with one attached hydrogen (secondary N) is 1. The highest BCUT2D eigenvalue weighted by Crippen LogP contribution is 2.36. The summed E-state index contributed by atoms with van der Waals surface area (Å²) in [5, 5.41) is 2.85. The number of anilines is 1. The van der Waals surface area contributed by atoms with Crippen molar-refractivity contribution < 1.29 is 18.0 Å². The second kappa shape index (κ2) is 12.2. The van der Waals surface area contributed by atoms with Gasteiger partial charge in [-0.1, -0.05) is 26.7 Å². The number of likely N-dealkylation sites (tertiary alicyclic amines) is 1. The summed E-state index contributed by atoms with van der Waals surface area (Å²) in [6.45, 7) is 5.66. The molecule has 1 saturated carbocycles. The maximum atomic E-state index is 13.2. The number of hydrogen-bond acceptors (Lipinski definition) is 4. The van der Waals surface area contributed by atoms with Crippen molar-refractivity contribution in [1.82, 2.24) is 9.21 Å². The topological polar surface area (TPSA) is 86.8 Å². The number of carbonyl (C=O) groups is 2. The molecule has 1 saturated heterocycles. The zero-order valence-corrected chi connectivity index (χ0v) is 22.8. The first-order chi connectivity index (χ1) is 17.8. The maximum absolute atomic E-state index is 13.2. The average molecular weight is 526 g/mol. The summed E-state index contributed by atoms with van der Waals surface area (Å²) in [6.07, 6.45) is 8.55. The molecular formula is C29H39N3O4S. The normalized spacial score (nSPS) is 19.9. The molecule has 2 atom stereocenters. The summed E-state index contributed by atoms with van der Waals surface area (Å²) >= 11 is 0. The Balaban J connectivity index is 1.39. The summed E-state index contributed by atoms with van der Waals surface area (Å²) < 4.78 is 27.4. The van der Waals surface area contributed by atoms with Crippen LogP contribution >= 0.6 is 0 Å². The summed E-state index contributed by atoms with van der Waals surface area (Å²) in [4.78, 5) is 28.3. The van der Waals surface area contributed by atoms with E-state index in [0.717, 1.165) is 32.2 Å². The lowest BCUT2D eigenvalue weighted by Crippen LogP contribution is -2.49. The lowest BCUT2D eigenvalue weighted by atomic mass is 9.78. The minimum absolute atomic E-state index is 0.0754. The zero-order chi connectivity index (χ0) is 26.4. The molecule has 1 N–H and O–H groups in total. The van der Waals surface area contributed by atoms with Gasteiger partial charge in [0.15, 0.2) is 0 Å². The Kier molecular flexibility index (Phi) is 9.03. The number of amides is 2. The van der Waals surface area contributed by atoms with Crippen molar-refractivity contribution in [2.75, 3.05) is 25.0 Å². The van der Waals surface area contributed by atoms with Gasteiger partial charge in [0, 0.05) is 42.5 Å². The SMILES string of the molecule is CCCN(CCC)S(=O)(=O)c1ccc(C(=O)Nc2ccc(C(=O)N3CCC[C@@H]4CCCC[C@@H]43)cc2)cc1. The van der Waals surface area contributed by atoms with Gasteiger partial charge in [-0.25, -0.2) is 8.42 Å². The van der Waals surface area contributed by atoms with E-state index in [-0.39, 0.29) is 16.7 Å². The molecule has 2 aliphatic rings. The van der Waals surface area contributed by atoms with Crippen molar-refractivity contribution in [3.05, 3.63) is 59.7 Å². The van der Waals surface area contributed by atoms with Crippen LogP contribution in [-0.2, 0) is 10.0 Å². The molecule has 2 aromatic rings. The molecule has 2 fully saturated rings. The van der Waals surface area contributed by atoms with Gasteiger partial charge < -0.3 is 10.2 Å². The van der Waals surface area contributed by atoms with Crippen LogP contribution < -0.4 is 5.32 Å². The fourth-order valence-electron chi connectivity index (χ4n) is 5.72. The predicted molar refractivity (Wildman–Crippen MR) is 146 cm³/mol. The van der Waals surface area contributed by atoms with Gasteiger partial charge in [0.25, 0.3) is 11.8 Å². The number of hydrogen-bond donors (Lipinski definition) is 1. The van der Waals surface area contributed by atoms with Crippen molar-refractivity contribution in [3.8, 4) is 0 Å². The van der Waals surface area contributed by atoms with Crippen LogP contribution in [0.2, 0.25) is 0 Å². The quantitative estimate of drug-likeness (QED) is 0.465. The Labute approximate surface area is 221 Å². The Morgan fingerprint density at radius 2 is 1.46 bits per heavy atom. The van der Waals surface area contributed by atoms with Gasteiger partial charge in [-0.2, -0.15) is 4.31 Å². The van der Waals surface area contributed by atoms with Gasteiger partial charge in [-0.05, 0) is 93.0 Å². The molecule has 0 unspecified atom stereocenters. The Bertz CT molecular complexity index is 1170. The second-order valence-corrected chi connectivity index (χ2v) is 12.2. The second-order valence-electron chi connectivity index (χ2n) is 10.2. The minimum Gasteiger partial charge on any atom is -0.335 e. The third kappa shape index (κ3) is 6.24. The first-order valence-corrected chi connectivity index (χ1v) is 15.1. The molecule has 0 spiro atoms. The van der Waals surface area contributed by atoms with Crippen molar-refractivity contribution in [2.45, 2.75) is 76.2 Å². The number of benzene rings is 2. The van der Waals surface area contributed by atoms with E-state index in [1.165, 1.54) is 54.3 Å². The lowest BCUT2D eigenvalue weighted by Gasteiger charge is -2.44. The molecule has 1 heterocycles. The third-order valence-electron chi connectivity index (χ3n) is 7.59. The van der Waals surface area contributed by atoms with Crippen molar-refractivity contribution in [1.29, 1.82) is 0 Å². The first kappa shape index (κ1) is 27.3. The van der Waals surface area contributed by atoms with Crippen LogP contribution in [0.4, 0.5) is 5.69 Å². The molecule has 8 heteroatoms. The molecule has 1 aliphatic carbocycles. The van der Waals surface area contributed by atoms with Crippen LogP contribution in [-0.4, -0.2) is 55.1 Å². The van der Waals surface area contributed by atoms with E-state index in [0.29, 0.717) is 41.9 Å². The summed E-state index contributed by atoms with van der Waals surface area (Å²) in [5.41, 5.74) is 1.60. The van der Waals surface area contributed by atoms with Gasteiger partial charge in [-0.3, -0.25) is 9.59 Å². The van der Waals surface area contributed by atoms with Gasteiger partial charge in [0.1, 0.15) is 0 Å². The van der Waals surface area contributed by atoms with E-state index < -0.39 is 10.0 Å². The number of sulfonamides is 1. The average Bonchev–Trinajstić information content (AvgIpc) is 2.92. The first-order valence-electron chi connectivity index (χ1n) is 13.7. The van der Waals surface area contributed by atoms with Crippen LogP contribution in [0, 0.1) is 5.92 Å². The number of rotatable bonds is 9. The molecule has 37 heavy (non-hydrogen) atoms. The van der Waals surface area contributed by atoms with Gasteiger partial charge in [-0.15, -0.1) is 0 Å². The van der Waals surface area contributed by atoms with Gasteiger partial charge >= 0.3 is 0 Å². The highest BCUT2D eigenvalue weighted by molar-refractivity contribution is 7.89. The fourth-order valence-corrected chi connectivity index (χ4v) is 7.34. The minimum atomic E-state index is -3.59. The molecule has 1 aliphatic heterocycles. The molecule has 2 aromatic carbocycles. The van der Waals surface area contributed by atoms with Gasteiger partial charge in [0.05, 0.1) is 4.90 Å². The number of fused-ring (bicyclic) bond motifs is 1. The highest BCUT2D eigenvalue weighted by Gasteiger charge is 2.36. The van der Waals surface area contributed by atoms with Crippen LogP contribution in [0.5, 0.6) is 0 Å². The van der Waals surface area contributed by atoms with E-state index in [1.807, 2.05) is 13.8 Å². The van der Waals surface area contributed by atoms with E-state index in [4.69, 9.17) is 0 Å². The number of carbonyl (C=O) groups excluding carboxylic acids is 2. The van der Waals surface area contributed by atoms with Crippen molar-refractivity contribution in [2.24, 2.45) is 5.92 Å². The third-order valence-corrected chi connectivity index (χ3v) is 9.51.